The van der Waals surface area contributed by atoms with Crippen LogP contribution in [0.1, 0.15) is 13.3 Å². The van der Waals surface area contributed by atoms with E-state index in [4.69, 9.17) is 0 Å². The Morgan fingerprint density at radius 2 is 2.44 bits per heavy atom. The van der Waals surface area contributed by atoms with E-state index in [-0.39, 0.29) is 30.7 Å². The van der Waals surface area contributed by atoms with Crippen LogP contribution >= 0.6 is 0 Å². The minimum absolute atomic E-state index is 0.0425. The number of ether oxygens (including phenoxy) is 1. The molecular weight excluding hydrogens is 120 g/mol. The number of rotatable bonds is 1. The molecule has 1 aliphatic heterocycles. The van der Waals surface area contributed by atoms with Crippen molar-refractivity contribution in [3.05, 3.63) is 0 Å². The third kappa shape index (κ3) is 1.28. The molecule has 3 nitrogen and oxygen atoms in total. The van der Waals surface area contributed by atoms with E-state index in [9.17, 15) is 9.59 Å². The van der Waals surface area contributed by atoms with Gasteiger partial charge in [0.15, 0.2) is 0 Å². The molecule has 1 saturated heterocycles. The summed E-state index contributed by atoms with van der Waals surface area (Å²) in [6.45, 7) is 1.76. The maximum absolute atomic E-state index is 10.6. The van der Waals surface area contributed by atoms with E-state index in [1.54, 1.807) is 0 Å². The molecule has 0 aliphatic carbocycles. The molecule has 1 heterocycles. The fourth-order valence-electron chi connectivity index (χ4n) is 0.774. The van der Waals surface area contributed by atoms with Crippen molar-refractivity contribution in [2.75, 3.05) is 6.61 Å². The highest BCUT2D eigenvalue weighted by molar-refractivity contribution is 5.85. The predicted octanol–water partition coefficient (Wildman–Crippen LogP) is 0.138. The van der Waals surface area contributed by atoms with E-state index in [1.807, 2.05) is 0 Å². The van der Waals surface area contributed by atoms with Crippen LogP contribution in [0.4, 0.5) is 0 Å². The minimum atomic E-state index is -0.254. The van der Waals surface area contributed by atoms with Gasteiger partial charge in [-0.2, -0.15) is 0 Å². The maximum atomic E-state index is 10.6. The van der Waals surface area contributed by atoms with Gasteiger partial charge in [-0.05, 0) is 6.92 Å². The third-order valence-electron chi connectivity index (χ3n) is 1.43. The SMILES string of the molecule is CC(=O)[C@H]1COC(=O)C1. The second kappa shape index (κ2) is 2.17. The van der Waals surface area contributed by atoms with Crippen LogP contribution in [0.5, 0.6) is 0 Å². The Labute approximate surface area is 53.0 Å². The standard InChI is InChI=1S/C6H8O3/c1-4(7)5-2-6(8)9-3-5/h5H,2-3H2,1H3/t5-/m1/s1. The lowest BCUT2D eigenvalue weighted by Crippen LogP contribution is -2.09. The van der Waals surface area contributed by atoms with Gasteiger partial charge < -0.3 is 4.74 Å². The van der Waals surface area contributed by atoms with Gasteiger partial charge in [-0.3, -0.25) is 9.59 Å². The maximum Gasteiger partial charge on any atom is 0.306 e. The number of carbonyl (C=O) groups excluding carboxylic acids is 2. The molecule has 1 rings (SSSR count). The first kappa shape index (κ1) is 6.26. The number of carbonyl (C=O) groups is 2. The zero-order valence-corrected chi connectivity index (χ0v) is 5.22. The molecule has 1 fully saturated rings. The average Bonchev–Trinajstić information content (AvgIpc) is 2.14. The van der Waals surface area contributed by atoms with E-state index in [2.05, 4.69) is 4.74 Å². The van der Waals surface area contributed by atoms with Crippen molar-refractivity contribution in [3.63, 3.8) is 0 Å². The monoisotopic (exact) mass is 128 g/mol. The summed E-state index contributed by atoms with van der Waals surface area (Å²) in [5.41, 5.74) is 0. The van der Waals surface area contributed by atoms with Crippen molar-refractivity contribution in [3.8, 4) is 0 Å². The van der Waals surface area contributed by atoms with Gasteiger partial charge >= 0.3 is 5.97 Å². The second-order valence-electron chi connectivity index (χ2n) is 2.19. The van der Waals surface area contributed by atoms with Gasteiger partial charge in [-0.25, -0.2) is 0 Å². The molecule has 0 saturated carbocycles. The van der Waals surface area contributed by atoms with Crippen molar-refractivity contribution in [1.29, 1.82) is 0 Å². The minimum Gasteiger partial charge on any atom is -0.465 e. The van der Waals surface area contributed by atoms with E-state index < -0.39 is 0 Å². The van der Waals surface area contributed by atoms with Crippen molar-refractivity contribution in [1.82, 2.24) is 0 Å². The molecule has 0 aromatic rings. The lowest BCUT2D eigenvalue weighted by atomic mass is 10.1. The Bertz CT molecular complexity index is 150. The highest BCUT2D eigenvalue weighted by atomic mass is 16.5. The van der Waals surface area contributed by atoms with Crippen LogP contribution < -0.4 is 0 Å². The summed E-state index contributed by atoms with van der Waals surface area (Å²) in [6, 6.07) is 0. The normalized spacial score (nSPS) is 25.9. The van der Waals surface area contributed by atoms with Gasteiger partial charge in [0.05, 0.1) is 12.3 Å². The number of ketones is 1. The zero-order chi connectivity index (χ0) is 6.85. The van der Waals surface area contributed by atoms with Crippen LogP contribution in [0.2, 0.25) is 0 Å². The van der Waals surface area contributed by atoms with E-state index in [0.717, 1.165) is 0 Å². The highest BCUT2D eigenvalue weighted by Crippen LogP contribution is 2.13. The molecule has 1 atom stereocenters. The fraction of sp³-hybridized carbons (Fsp3) is 0.667. The van der Waals surface area contributed by atoms with Crippen LogP contribution in [-0.4, -0.2) is 18.4 Å². The number of cyclic esters (lactones) is 1. The molecule has 0 N–H and O–H groups in total. The first-order chi connectivity index (χ1) is 4.20. The summed E-state index contributed by atoms with van der Waals surface area (Å²) in [5, 5.41) is 0. The summed E-state index contributed by atoms with van der Waals surface area (Å²) < 4.78 is 4.57. The smallest absolute Gasteiger partial charge is 0.306 e. The van der Waals surface area contributed by atoms with Crippen LogP contribution in [-0.2, 0) is 14.3 Å². The molecule has 1 aliphatic rings. The summed E-state index contributed by atoms with van der Waals surface area (Å²) >= 11 is 0. The van der Waals surface area contributed by atoms with E-state index >= 15 is 0 Å². The summed E-state index contributed by atoms with van der Waals surface area (Å²) in [4.78, 5) is 20.9. The van der Waals surface area contributed by atoms with Crippen LogP contribution in [0.15, 0.2) is 0 Å². The third-order valence-corrected chi connectivity index (χ3v) is 1.43. The molecule has 0 aromatic heterocycles. The van der Waals surface area contributed by atoms with Gasteiger partial charge in [0.1, 0.15) is 12.4 Å². The summed E-state index contributed by atoms with van der Waals surface area (Å²) in [5.74, 6) is -0.381. The largest absolute Gasteiger partial charge is 0.465 e. The van der Waals surface area contributed by atoms with E-state index in [1.165, 1.54) is 6.92 Å². The molecule has 0 radical (unpaired) electrons. The van der Waals surface area contributed by atoms with Crippen LogP contribution in [0.25, 0.3) is 0 Å². The molecule has 3 heteroatoms. The van der Waals surface area contributed by atoms with Gasteiger partial charge in [-0.15, -0.1) is 0 Å². The van der Waals surface area contributed by atoms with E-state index in [0.29, 0.717) is 0 Å². The van der Waals surface area contributed by atoms with Crippen molar-refractivity contribution in [2.24, 2.45) is 5.92 Å². The Hall–Kier alpha value is -0.860. The lowest BCUT2D eigenvalue weighted by molar-refractivity contribution is -0.137. The Balaban J connectivity index is 2.48. The highest BCUT2D eigenvalue weighted by Gasteiger charge is 2.26. The summed E-state index contributed by atoms with van der Waals surface area (Å²) in [6.07, 6.45) is 0.273. The Morgan fingerprint density at radius 3 is 2.67 bits per heavy atom. The molecule has 0 aromatic carbocycles. The van der Waals surface area contributed by atoms with Gasteiger partial charge in [0.2, 0.25) is 0 Å². The van der Waals surface area contributed by atoms with Crippen molar-refractivity contribution in [2.45, 2.75) is 13.3 Å². The number of esters is 1. The lowest BCUT2D eigenvalue weighted by Gasteiger charge is -1.95. The zero-order valence-electron chi connectivity index (χ0n) is 5.22. The molecule has 50 valence electrons. The Kier molecular flexibility index (Phi) is 1.51. The first-order valence-corrected chi connectivity index (χ1v) is 2.86. The van der Waals surface area contributed by atoms with Crippen molar-refractivity contribution >= 4 is 11.8 Å². The molecular formula is C6H8O3. The van der Waals surface area contributed by atoms with Gasteiger partial charge in [0, 0.05) is 0 Å². The topological polar surface area (TPSA) is 43.4 Å². The Morgan fingerprint density at radius 1 is 1.78 bits per heavy atom. The molecule has 0 unspecified atom stereocenters. The van der Waals surface area contributed by atoms with Crippen LogP contribution in [0, 0.1) is 5.92 Å². The molecule has 0 spiro atoms. The predicted molar refractivity (Wildman–Crippen MR) is 29.7 cm³/mol. The molecule has 9 heavy (non-hydrogen) atoms. The molecule has 0 bridgehead atoms. The summed E-state index contributed by atoms with van der Waals surface area (Å²) in [7, 11) is 0. The average molecular weight is 128 g/mol. The van der Waals surface area contributed by atoms with Gasteiger partial charge in [-0.1, -0.05) is 0 Å². The van der Waals surface area contributed by atoms with Crippen molar-refractivity contribution < 1.29 is 14.3 Å². The molecule has 0 amide bonds. The van der Waals surface area contributed by atoms with Crippen LogP contribution in [0.3, 0.4) is 0 Å². The first-order valence-electron chi connectivity index (χ1n) is 2.86. The number of hydrogen-bond donors (Lipinski definition) is 0. The quantitative estimate of drug-likeness (QED) is 0.472. The van der Waals surface area contributed by atoms with Gasteiger partial charge in [0.25, 0.3) is 0 Å². The number of Topliss-reactive ketones (excluding diaryl/α,β-unsaturated/α-hetero) is 1. The second-order valence-corrected chi connectivity index (χ2v) is 2.19. The number of hydrogen-bond acceptors (Lipinski definition) is 3. The fourth-order valence-corrected chi connectivity index (χ4v) is 0.774.